The van der Waals surface area contributed by atoms with E-state index in [1.807, 2.05) is 24.3 Å². The van der Waals surface area contributed by atoms with E-state index in [1.54, 1.807) is 0 Å². The molecule has 5 aromatic rings. The van der Waals surface area contributed by atoms with Gasteiger partial charge in [-0.15, -0.1) is 0 Å². The molecule has 1 aliphatic heterocycles. The van der Waals surface area contributed by atoms with Gasteiger partial charge in [-0.3, -0.25) is 10.0 Å². The summed E-state index contributed by atoms with van der Waals surface area (Å²) in [5, 5.41) is 10.8. The maximum absolute atomic E-state index is 6.02. The number of hydrogen-bond acceptors (Lipinski definition) is 5. The quantitative estimate of drug-likeness (QED) is 0.213. The normalized spacial score (nSPS) is 15.3. The third-order valence-electron chi connectivity index (χ3n) is 7.26. The Kier molecular flexibility index (Phi) is 7.20. The molecule has 2 unspecified atom stereocenters. The predicted molar refractivity (Wildman–Crippen MR) is 165 cm³/mol. The summed E-state index contributed by atoms with van der Waals surface area (Å²) in [5.74, 6) is 0.853. The number of nitrogens with two attached hydrogens (primary N) is 1. The number of benzene rings is 5. The summed E-state index contributed by atoms with van der Waals surface area (Å²) in [7, 11) is 0. The fourth-order valence-electron chi connectivity index (χ4n) is 4.99. The van der Waals surface area contributed by atoms with Crippen molar-refractivity contribution in [1.82, 2.24) is 10.3 Å². The fraction of sp³-hybridized carbons (Fsp3) is 0.0857. The minimum absolute atomic E-state index is 0.106. The van der Waals surface area contributed by atoms with E-state index in [4.69, 9.17) is 10.8 Å². The lowest BCUT2D eigenvalue weighted by molar-refractivity contribution is 0.209. The SMILES string of the molecule is C=NC(N)c1ccc(CN2N=C(c3ccc(-c4ccccc4)cc3)NC2c2ccc(-c3ccccc3)cc2)cc1. The van der Waals surface area contributed by atoms with Crippen LogP contribution in [-0.4, -0.2) is 17.6 Å². The Morgan fingerprint density at radius 1 is 0.675 bits per heavy atom. The molecule has 3 N–H and O–H groups in total. The van der Waals surface area contributed by atoms with E-state index in [1.165, 1.54) is 22.3 Å². The predicted octanol–water partition coefficient (Wildman–Crippen LogP) is 7.14. The molecule has 2 atom stereocenters. The zero-order valence-electron chi connectivity index (χ0n) is 22.2. The van der Waals surface area contributed by atoms with Gasteiger partial charge in [-0.05, 0) is 45.7 Å². The van der Waals surface area contributed by atoms with Crippen LogP contribution in [0.4, 0.5) is 0 Å². The number of nitrogens with one attached hydrogen (secondary N) is 1. The largest absolute Gasteiger partial charge is 0.343 e. The van der Waals surface area contributed by atoms with Crippen LogP contribution in [0.3, 0.4) is 0 Å². The van der Waals surface area contributed by atoms with Gasteiger partial charge >= 0.3 is 0 Å². The number of hydrogen-bond donors (Lipinski definition) is 2. The summed E-state index contributed by atoms with van der Waals surface area (Å²) in [6.45, 7) is 4.20. The van der Waals surface area contributed by atoms with Gasteiger partial charge in [-0.25, -0.2) is 0 Å². The van der Waals surface area contributed by atoms with Crippen LogP contribution >= 0.6 is 0 Å². The highest BCUT2D eigenvalue weighted by Crippen LogP contribution is 2.30. The molecule has 0 saturated heterocycles. The standard InChI is InChI=1S/C35H31N5/c1-37-33(36)30-14-12-25(13-15-30)24-40-35(32-22-18-29(19-23-32)27-10-6-3-7-11-27)38-34(39-40)31-20-16-28(17-21-31)26-8-4-2-5-9-26/h2-23,33,35H,1,24,36H2,(H,38,39). The van der Waals surface area contributed by atoms with E-state index in [-0.39, 0.29) is 6.17 Å². The zero-order chi connectivity index (χ0) is 27.3. The topological polar surface area (TPSA) is 66.0 Å². The molecule has 0 amide bonds. The second-order valence-electron chi connectivity index (χ2n) is 9.89. The smallest absolute Gasteiger partial charge is 0.155 e. The minimum Gasteiger partial charge on any atom is -0.343 e. The Labute approximate surface area is 235 Å². The van der Waals surface area contributed by atoms with Gasteiger partial charge in [0, 0.05) is 5.56 Å². The molecule has 5 nitrogen and oxygen atoms in total. The highest BCUT2D eigenvalue weighted by atomic mass is 15.6. The zero-order valence-corrected chi connectivity index (χ0v) is 22.2. The van der Waals surface area contributed by atoms with Crippen LogP contribution in [-0.2, 0) is 6.54 Å². The molecule has 0 saturated carbocycles. The van der Waals surface area contributed by atoms with Gasteiger partial charge in [0.1, 0.15) is 12.3 Å². The molecule has 0 bridgehead atoms. The lowest BCUT2D eigenvalue weighted by Gasteiger charge is -2.24. The van der Waals surface area contributed by atoms with E-state index in [0.29, 0.717) is 6.54 Å². The fourth-order valence-corrected chi connectivity index (χ4v) is 4.99. The average Bonchev–Trinajstić information content (AvgIpc) is 3.45. The number of rotatable bonds is 8. The number of nitrogens with zero attached hydrogens (tertiary/aromatic N) is 3. The van der Waals surface area contributed by atoms with Crippen LogP contribution in [0.15, 0.2) is 144 Å². The molecule has 40 heavy (non-hydrogen) atoms. The Balaban J connectivity index is 1.28. The second-order valence-corrected chi connectivity index (χ2v) is 9.89. The Morgan fingerprint density at radius 2 is 1.18 bits per heavy atom. The first-order valence-electron chi connectivity index (χ1n) is 13.4. The van der Waals surface area contributed by atoms with Crippen molar-refractivity contribution in [2.75, 3.05) is 0 Å². The molecule has 0 radical (unpaired) electrons. The summed E-state index contributed by atoms with van der Waals surface area (Å²) in [5.41, 5.74) is 15.1. The van der Waals surface area contributed by atoms with E-state index in [2.05, 4.69) is 131 Å². The molecule has 0 fully saturated rings. The molecule has 6 rings (SSSR count). The van der Waals surface area contributed by atoms with Gasteiger partial charge in [0.15, 0.2) is 5.84 Å². The van der Waals surface area contributed by atoms with Crippen molar-refractivity contribution in [3.8, 4) is 22.3 Å². The Bertz CT molecular complexity index is 1590. The van der Waals surface area contributed by atoms with Gasteiger partial charge in [0.05, 0.1) is 6.54 Å². The Morgan fingerprint density at radius 3 is 1.73 bits per heavy atom. The summed E-state index contributed by atoms with van der Waals surface area (Å²) < 4.78 is 0. The maximum atomic E-state index is 6.02. The van der Waals surface area contributed by atoms with Crippen LogP contribution in [0.2, 0.25) is 0 Å². The third kappa shape index (κ3) is 5.41. The highest BCUT2D eigenvalue weighted by Gasteiger charge is 2.28. The molecule has 0 aromatic heterocycles. The van der Waals surface area contributed by atoms with Crippen LogP contribution in [0.5, 0.6) is 0 Å². The van der Waals surface area contributed by atoms with Crippen molar-refractivity contribution in [3.05, 3.63) is 156 Å². The van der Waals surface area contributed by atoms with Crippen molar-refractivity contribution >= 4 is 12.6 Å². The van der Waals surface area contributed by atoms with Crippen molar-refractivity contribution in [2.45, 2.75) is 18.9 Å². The van der Waals surface area contributed by atoms with Gasteiger partial charge in [0.25, 0.3) is 0 Å². The number of hydrazone groups is 1. The monoisotopic (exact) mass is 521 g/mol. The highest BCUT2D eigenvalue weighted by molar-refractivity contribution is 6.00. The molecular weight excluding hydrogens is 490 g/mol. The van der Waals surface area contributed by atoms with Crippen molar-refractivity contribution in [3.63, 3.8) is 0 Å². The summed E-state index contributed by atoms with van der Waals surface area (Å²) in [6, 6.07) is 46.3. The number of amidine groups is 1. The van der Waals surface area contributed by atoms with Crippen molar-refractivity contribution in [2.24, 2.45) is 15.8 Å². The first-order valence-corrected chi connectivity index (χ1v) is 13.4. The molecule has 5 heteroatoms. The Hall–Kier alpha value is -5.00. The first-order chi connectivity index (χ1) is 19.7. The molecule has 0 aliphatic carbocycles. The van der Waals surface area contributed by atoms with E-state index >= 15 is 0 Å². The summed E-state index contributed by atoms with van der Waals surface area (Å²) >= 11 is 0. The maximum Gasteiger partial charge on any atom is 0.155 e. The van der Waals surface area contributed by atoms with Gasteiger partial charge in [-0.2, -0.15) is 5.10 Å². The van der Waals surface area contributed by atoms with Crippen molar-refractivity contribution < 1.29 is 0 Å². The van der Waals surface area contributed by atoms with Crippen LogP contribution in [0, 0.1) is 0 Å². The van der Waals surface area contributed by atoms with Crippen LogP contribution in [0.1, 0.15) is 34.6 Å². The van der Waals surface area contributed by atoms with Crippen LogP contribution < -0.4 is 11.1 Å². The van der Waals surface area contributed by atoms with Gasteiger partial charge < -0.3 is 11.1 Å². The molecule has 1 heterocycles. The van der Waals surface area contributed by atoms with E-state index in [9.17, 15) is 0 Å². The summed E-state index contributed by atoms with van der Waals surface area (Å²) in [6.07, 6.45) is -0.521. The van der Waals surface area contributed by atoms with Crippen molar-refractivity contribution in [1.29, 1.82) is 0 Å². The van der Waals surface area contributed by atoms with E-state index in [0.717, 1.165) is 28.1 Å². The number of aliphatic imine (C=N–C) groups is 1. The second kappa shape index (κ2) is 11.4. The van der Waals surface area contributed by atoms with Crippen LogP contribution in [0.25, 0.3) is 22.3 Å². The molecular formula is C35H31N5. The molecule has 1 aliphatic rings. The van der Waals surface area contributed by atoms with E-state index < -0.39 is 6.17 Å². The third-order valence-corrected chi connectivity index (χ3v) is 7.26. The molecule has 196 valence electrons. The molecule has 0 spiro atoms. The average molecular weight is 522 g/mol. The first kappa shape index (κ1) is 25.3. The molecule has 5 aromatic carbocycles. The van der Waals surface area contributed by atoms with Gasteiger partial charge in [-0.1, -0.05) is 133 Å². The van der Waals surface area contributed by atoms with Gasteiger partial charge in [0.2, 0.25) is 0 Å². The minimum atomic E-state index is -0.415. The summed E-state index contributed by atoms with van der Waals surface area (Å²) in [4.78, 5) is 3.93. The lowest BCUT2D eigenvalue weighted by Crippen LogP contribution is -2.30. The lowest BCUT2D eigenvalue weighted by atomic mass is 10.0.